The Balaban J connectivity index is 2.31. The summed E-state index contributed by atoms with van der Waals surface area (Å²) < 4.78 is 5.45. The minimum atomic E-state index is -0.451. The first-order chi connectivity index (χ1) is 11.7. The van der Waals surface area contributed by atoms with Gasteiger partial charge >= 0.3 is 6.09 Å². The van der Waals surface area contributed by atoms with Crippen LogP contribution in [0.25, 0.3) is 0 Å². The molecule has 0 unspecified atom stereocenters. The molecule has 0 spiro atoms. The highest BCUT2D eigenvalue weighted by Crippen LogP contribution is 2.20. The van der Waals surface area contributed by atoms with E-state index >= 15 is 0 Å². The number of piperidine rings is 1. The molecule has 0 saturated carbocycles. The average Bonchev–Trinajstić information content (AvgIpc) is 2.58. The van der Waals surface area contributed by atoms with Crippen molar-refractivity contribution in [3.63, 3.8) is 0 Å². The molecule has 1 saturated heterocycles. The molecule has 1 aliphatic rings. The second-order valence-electron chi connectivity index (χ2n) is 6.53. The van der Waals surface area contributed by atoms with Crippen molar-refractivity contribution in [1.29, 1.82) is 0 Å². The van der Waals surface area contributed by atoms with Gasteiger partial charge in [-0.05, 0) is 32.2 Å². The maximum absolute atomic E-state index is 12.4. The lowest BCUT2D eigenvalue weighted by Crippen LogP contribution is -2.47. The molecule has 140 valence electrons. The van der Waals surface area contributed by atoms with E-state index in [1.807, 2.05) is 0 Å². The summed E-state index contributed by atoms with van der Waals surface area (Å²) in [6.45, 7) is 3.93. The zero-order valence-corrected chi connectivity index (χ0v) is 15.2. The Morgan fingerprint density at radius 1 is 1.12 bits per heavy atom. The van der Waals surface area contributed by atoms with Crippen molar-refractivity contribution in [3.8, 4) is 0 Å². The van der Waals surface area contributed by atoms with Crippen molar-refractivity contribution in [2.24, 2.45) is 5.73 Å². The molecule has 1 heterocycles. The van der Waals surface area contributed by atoms with Gasteiger partial charge in [0, 0.05) is 25.9 Å². The highest BCUT2D eigenvalue weighted by atomic mass is 16.6. The molecule has 6 heteroatoms. The molecule has 1 atom stereocenters. The van der Waals surface area contributed by atoms with Crippen LogP contribution in [0.1, 0.15) is 77.6 Å². The van der Waals surface area contributed by atoms with Gasteiger partial charge in [-0.15, -0.1) is 0 Å². The van der Waals surface area contributed by atoms with Gasteiger partial charge in [-0.3, -0.25) is 4.79 Å². The summed E-state index contributed by atoms with van der Waals surface area (Å²) in [4.78, 5) is 26.0. The van der Waals surface area contributed by atoms with Crippen LogP contribution in [0.5, 0.6) is 0 Å². The number of rotatable bonds is 11. The molecule has 1 fully saturated rings. The van der Waals surface area contributed by atoms with E-state index in [-0.39, 0.29) is 5.91 Å². The molecule has 24 heavy (non-hydrogen) atoms. The smallest absolute Gasteiger partial charge is 0.409 e. The summed E-state index contributed by atoms with van der Waals surface area (Å²) in [5.41, 5.74) is 5.40. The normalized spacial score (nSPS) is 17.6. The number of amides is 2. The van der Waals surface area contributed by atoms with E-state index in [1.165, 1.54) is 25.7 Å². The van der Waals surface area contributed by atoms with Crippen molar-refractivity contribution in [2.45, 2.75) is 83.8 Å². The van der Waals surface area contributed by atoms with E-state index in [9.17, 15) is 9.59 Å². The SMILES string of the molecule is CCCCCCCCC(=O)N1CCCC[C@@H]1OC(=O)NCCCN. The fourth-order valence-corrected chi connectivity index (χ4v) is 2.97. The highest BCUT2D eigenvalue weighted by molar-refractivity contribution is 5.77. The first-order valence-electron chi connectivity index (χ1n) is 9.63. The molecule has 0 radical (unpaired) electrons. The van der Waals surface area contributed by atoms with Crippen LogP contribution in [-0.4, -0.2) is 42.8 Å². The predicted molar refractivity (Wildman–Crippen MR) is 95.5 cm³/mol. The fourth-order valence-electron chi connectivity index (χ4n) is 2.97. The van der Waals surface area contributed by atoms with Gasteiger partial charge in [0.05, 0.1) is 0 Å². The van der Waals surface area contributed by atoms with Gasteiger partial charge in [0.2, 0.25) is 5.91 Å². The Kier molecular flexibility index (Phi) is 11.3. The van der Waals surface area contributed by atoms with Crippen LogP contribution in [0.15, 0.2) is 0 Å². The fraction of sp³-hybridized carbons (Fsp3) is 0.889. The number of hydrogen-bond acceptors (Lipinski definition) is 4. The predicted octanol–water partition coefficient (Wildman–Crippen LogP) is 3.15. The second kappa shape index (κ2) is 13.0. The molecule has 3 N–H and O–H groups in total. The topological polar surface area (TPSA) is 84.7 Å². The van der Waals surface area contributed by atoms with Gasteiger partial charge in [0.15, 0.2) is 6.23 Å². The molecule has 1 aliphatic heterocycles. The number of hydrogen-bond donors (Lipinski definition) is 2. The van der Waals surface area contributed by atoms with Gasteiger partial charge in [0.25, 0.3) is 0 Å². The molecular weight excluding hydrogens is 306 g/mol. The summed E-state index contributed by atoms with van der Waals surface area (Å²) in [5, 5.41) is 2.68. The number of likely N-dealkylation sites (tertiary alicyclic amines) is 1. The summed E-state index contributed by atoms with van der Waals surface area (Å²) in [6.07, 6.45) is 10.1. The van der Waals surface area contributed by atoms with Crippen molar-refractivity contribution >= 4 is 12.0 Å². The minimum absolute atomic E-state index is 0.116. The largest absolute Gasteiger partial charge is 0.425 e. The maximum Gasteiger partial charge on any atom is 0.409 e. The number of carbonyl (C=O) groups is 2. The zero-order valence-electron chi connectivity index (χ0n) is 15.2. The summed E-state index contributed by atoms with van der Waals surface area (Å²) in [7, 11) is 0. The Morgan fingerprint density at radius 2 is 1.88 bits per heavy atom. The molecule has 6 nitrogen and oxygen atoms in total. The standard InChI is InChI=1S/C18H35N3O3/c1-2-3-4-5-6-7-11-16(22)21-15-9-8-12-17(21)24-18(23)20-14-10-13-19/h17H,2-15,19H2,1H3,(H,20,23)/t17-/m0/s1. The van der Waals surface area contributed by atoms with Crippen molar-refractivity contribution in [1.82, 2.24) is 10.2 Å². The molecular formula is C18H35N3O3. The van der Waals surface area contributed by atoms with Crippen molar-refractivity contribution in [2.75, 3.05) is 19.6 Å². The van der Waals surface area contributed by atoms with E-state index in [4.69, 9.17) is 10.5 Å². The van der Waals surface area contributed by atoms with E-state index in [1.54, 1.807) is 4.90 Å². The van der Waals surface area contributed by atoms with Crippen LogP contribution in [-0.2, 0) is 9.53 Å². The number of nitrogens with two attached hydrogens (primary N) is 1. The Labute approximate surface area is 146 Å². The van der Waals surface area contributed by atoms with Crippen molar-refractivity contribution < 1.29 is 14.3 Å². The van der Waals surface area contributed by atoms with Crippen LogP contribution in [0.2, 0.25) is 0 Å². The lowest BCUT2D eigenvalue weighted by atomic mass is 10.1. The molecule has 0 aromatic carbocycles. The summed E-state index contributed by atoms with van der Waals surface area (Å²) >= 11 is 0. The zero-order chi connectivity index (χ0) is 17.6. The Morgan fingerprint density at radius 3 is 2.62 bits per heavy atom. The number of nitrogens with zero attached hydrogens (tertiary/aromatic N) is 1. The lowest BCUT2D eigenvalue weighted by Gasteiger charge is -2.35. The van der Waals surface area contributed by atoms with E-state index < -0.39 is 12.3 Å². The first-order valence-corrected chi connectivity index (χ1v) is 9.63. The Bertz CT molecular complexity index is 363. The molecule has 2 amide bonds. The molecule has 0 aromatic rings. The number of nitrogens with one attached hydrogen (secondary N) is 1. The molecule has 0 bridgehead atoms. The summed E-state index contributed by atoms with van der Waals surface area (Å²) in [5.74, 6) is 0.116. The van der Waals surface area contributed by atoms with Crippen LogP contribution < -0.4 is 11.1 Å². The van der Waals surface area contributed by atoms with Crippen LogP contribution in [0.4, 0.5) is 4.79 Å². The van der Waals surface area contributed by atoms with Crippen LogP contribution in [0.3, 0.4) is 0 Å². The lowest BCUT2D eigenvalue weighted by molar-refractivity contribution is -0.144. The van der Waals surface area contributed by atoms with Gasteiger partial charge in [-0.2, -0.15) is 0 Å². The van der Waals surface area contributed by atoms with Crippen molar-refractivity contribution in [3.05, 3.63) is 0 Å². The second-order valence-corrected chi connectivity index (χ2v) is 6.53. The quantitative estimate of drug-likeness (QED) is 0.565. The van der Waals surface area contributed by atoms with Gasteiger partial charge < -0.3 is 20.7 Å². The number of ether oxygens (including phenoxy) is 1. The van der Waals surface area contributed by atoms with Gasteiger partial charge in [0.1, 0.15) is 0 Å². The molecule has 0 aromatic heterocycles. The average molecular weight is 341 g/mol. The van der Waals surface area contributed by atoms with Crippen LogP contribution in [0, 0.1) is 0 Å². The van der Waals surface area contributed by atoms with Crippen LogP contribution >= 0.6 is 0 Å². The number of carbonyl (C=O) groups excluding carboxylic acids is 2. The third-order valence-electron chi connectivity index (χ3n) is 4.41. The monoisotopic (exact) mass is 341 g/mol. The van der Waals surface area contributed by atoms with E-state index in [0.717, 1.165) is 38.5 Å². The molecule has 0 aliphatic carbocycles. The number of alkyl carbamates (subject to hydrolysis) is 1. The third-order valence-corrected chi connectivity index (χ3v) is 4.41. The third kappa shape index (κ3) is 8.52. The first kappa shape index (κ1) is 20.7. The van der Waals surface area contributed by atoms with Gasteiger partial charge in [-0.1, -0.05) is 39.0 Å². The van der Waals surface area contributed by atoms with Gasteiger partial charge in [-0.25, -0.2) is 4.79 Å². The van der Waals surface area contributed by atoms with E-state index in [0.29, 0.717) is 26.1 Å². The minimum Gasteiger partial charge on any atom is -0.425 e. The molecule has 1 rings (SSSR count). The Hall–Kier alpha value is -1.30. The maximum atomic E-state index is 12.4. The highest BCUT2D eigenvalue weighted by Gasteiger charge is 2.29. The summed E-state index contributed by atoms with van der Waals surface area (Å²) in [6, 6.07) is 0. The number of unbranched alkanes of at least 4 members (excludes halogenated alkanes) is 5. The van der Waals surface area contributed by atoms with E-state index in [2.05, 4.69) is 12.2 Å².